The Morgan fingerprint density at radius 3 is 2.27 bits per heavy atom. The van der Waals surface area contributed by atoms with E-state index in [-0.39, 0.29) is 5.91 Å². The van der Waals surface area contributed by atoms with Crippen molar-refractivity contribution >= 4 is 39.9 Å². The molecule has 0 radical (unpaired) electrons. The number of aromatic nitrogens is 1. The lowest BCUT2D eigenvalue weighted by Crippen LogP contribution is -2.23. The second-order valence-electron chi connectivity index (χ2n) is 6.08. The van der Waals surface area contributed by atoms with Crippen molar-refractivity contribution in [3.05, 3.63) is 59.8 Å². The van der Waals surface area contributed by atoms with Crippen LogP contribution in [0.25, 0.3) is 10.9 Å². The molecule has 1 aromatic heterocycles. The van der Waals surface area contributed by atoms with Gasteiger partial charge in [-0.05, 0) is 31.2 Å². The molecule has 0 fully saturated rings. The number of ketones is 1. The molecule has 26 heavy (non-hydrogen) atoms. The molecule has 0 aliphatic rings. The number of carbonyl (C=O) groups excluding carboxylic acids is 3. The highest BCUT2D eigenvalue weighted by molar-refractivity contribution is 6.48. The van der Waals surface area contributed by atoms with Gasteiger partial charge in [0.2, 0.25) is 5.91 Å². The van der Waals surface area contributed by atoms with Crippen molar-refractivity contribution < 1.29 is 14.4 Å². The molecule has 2 amide bonds. The average molecular weight is 349 g/mol. The molecule has 0 aliphatic carbocycles. The first-order valence-corrected chi connectivity index (χ1v) is 8.16. The van der Waals surface area contributed by atoms with Gasteiger partial charge in [-0.25, -0.2) is 0 Å². The van der Waals surface area contributed by atoms with E-state index in [4.69, 9.17) is 0 Å². The molecule has 0 aliphatic heterocycles. The van der Waals surface area contributed by atoms with Gasteiger partial charge >= 0.3 is 0 Å². The first kappa shape index (κ1) is 17.4. The molecule has 0 saturated carbocycles. The Morgan fingerprint density at radius 1 is 0.923 bits per heavy atom. The number of Topliss-reactive ketones (excluding diaryl/α,β-unsaturated/α-hetero) is 1. The number of hydrogen-bond donors (Lipinski definition) is 2. The quantitative estimate of drug-likeness (QED) is 0.560. The molecule has 3 rings (SSSR count). The van der Waals surface area contributed by atoms with Gasteiger partial charge in [0.15, 0.2) is 0 Å². The topological polar surface area (TPSA) is 80.2 Å². The lowest BCUT2D eigenvalue weighted by atomic mass is 10.1. The van der Waals surface area contributed by atoms with E-state index in [1.807, 2.05) is 42.8 Å². The molecular formula is C20H19N3O3. The molecule has 0 unspecified atom stereocenters. The number of nitrogens with zero attached hydrogens (tertiary/aromatic N) is 1. The van der Waals surface area contributed by atoms with Crippen molar-refractivity contribution in [2.75, 3.05) is 10.6 Å². The summed E-state index contributed by atoms with van der Waals surface area (Å²) in [4.78, 5) is 36.4. The van der Waals surface area contributed by atoms with E-state index in [0.29, 0.717) is 16.9 Å². The minimum Gasteiger partial charge on any atom is -0.347 e. The summed E-state index contributed by atoms with van der Waals surface area (Å²) in [5, 5.41) is 5.99. The highest BCUT2D eigenvalue weighted by Gasteiger charge is 2.24. The van der Waals surface area contributed by atoms with Crippen LogP contribution in [-0.4, -0.2) is 22.2 Å². The number of aryl methyl sites for hydroxylation is 1. The third-order valence-electron chi connectivity index (χ3n) is 4.27. The Balaban J connectivity index is 1.89. The fraction of sp³-hybridized carbons (Fsp3) is 0.150. The van der Waals surface area contributed by atoms with E-state index in [2.05, 4.69) is 10.6 Å². The van der Waals surface area contributed by atoms with Gasteiger partial charge in [0.25, 0.3) is 11.7 Å². The van der Waals surface area contributed by atoms with Crippen LogP contribution in [0.5, 0.6) is 0 Å². The second-order valence-corrected chi connectivity index (χ2v) is 6.08. The van der Waals surface area contributed by atoms with E-state index in [9.17, 15) is 14.4 Å². The number of benzene rings is 2. The molecule has 2 aromatic carbocycles. The number of nitrogens with one attached hydrogen (secondary N) is 2. The fourth-order valence-corrected chi connectivity index (χ4v) is 2.99. The van der Waals surface area contributed by atoms with Crippen molar-refractivity contribution in [2.24, 2.45) is 7.05 Å². The highest BCUT2D eigenvalue weighted by Crippen LogP contribution is 2.25. The summed E-state index contributed by atoms with van der Waals surface area (Å²) in [6.45, 7) is 3.22. The van der Waals surface area contributed by atoms with Crippen molar-refractivity contribution in [2.45, 2.75) is 13.8 Å². The Morgan fingerprint density at radius 2 is 1.58 bits per heavy atom. The van der Waals surface area contributed by atoms with E-state index >= 15 is 0 Å². The summed E-state index contributed by atoms with van der Waals surface area (Å²) in [5.74, 6) is -1.52. The number of fused-ring (bicyclic) bond motifs is 1. The lowest BCUT2D eigenvalue weighted by molar-refractivity contribution is -0.114. The van der Waals surface area contributed by atoms with Gasteiger partial charge in [-0.3, -0.25) is 14.4 Å². The molecule has 6 heteroatoms. The van der Waals surface area contributed by atoms with Crippen LogP contribution < -0.4 is 10.6 Å². The van der Waals surface area contributed by atoms with Crippen molar-refractivity contribution in [3.8, 4) is 0 Å². The van der Waals surface area contributed by atoms with Crippen LogP contribution in [0.2, 0.25) is 0 Å². The van der Waals surface area contributed by atoms with Gasteiger partial charge in [-0.2, -0.15) is 0 Å². The molecular weight excluding hydrogens is 330 g/mol. The van der Waals surface area contributed by atoms with Crippen molar-refractivity contribution in [1.82, 2.24) is 4.57 Å². The van der Waals surface area contributed by atoms with Gasteiger partial charge < -0.3 is 15.2 Å². The zero-order valence-corrected chi connectivity index (χ0v) is 14.8. The van der Waals surface area contributed by atoms with Crippen LogP contribution in [-0.2, 0) is 16.6 Å². The predicted octanol–water partition coefficient (Wildman–Crippen LogP) is 3.27. The van der Waals surface area contributed by atoms with Gasteiger partial charge in [-0.1, -0.05) is 24.3 Å². The molecule has 3 aromatic rings. The third-order valence-corrected chi connectivity index (χ3v) is 4.27. The fourth-order valence-electron chi connectivity index (χ4n) is 2.99. The Hall–Kier alpha value is -3.41. The Bertz CT molecular complexity index is 1030. The van der Waals surface area contributed by atoms with Crippen LogP contribution in [0.15, 0.2) is 48.5 Å². The summed E-state index contributed by atoms with van der Waals surface area (Å²) >= 11 is 0. The third kappa shape index (κ3) is 3.21. The SMILES string of the molecule is CC(=O)Nc1cccc(NC(=O)C(=O)c2c(C)n(C)c3ccccc23)c1. The van der Waals surface area contributed by atoms with Crippen LogP contribution in [0.1, 0.15) is 23.0 Å². The van der Waals surface area contributed by atoms with Gasteiger partial charge in [0.05, 0.1) is 5.56 Å². The van der Waals surface area contributed by atoms with Gasteiger partial charge in [-0.15, -0.1) is 0 Å². The molecule has 0 atom stereocenters. The van der Waals surface area contributed by atoms with Crippen molar-refractivity contribution in [3.63, 3.8) is 0 Å². The smallest absolute Gasteiger partial charge is 0.296 e. The van der Waals surface area contributed by atoms with Crippen LogP contribution in [0.3, 0.4) is 0 Å². The predicted molar refractivity (Wildman–Crippen MR) is 101 cm³/mol. The number of amides is 2. The molecule has 0 saturated heterocycles. The second kappa shape index (κ2) is 6.84. The summed E-state index contributed by atoms with van der Waals surface area (Å²) in [6.07, 6.45) is 0. The first-order valence-electron chi connectivity index (χ1n) is 8.16. The Kier molecular flexibility index (Phi) is 4.58. The summed E-state index contributed by atoms with van der Waals surface area (Å²) < 4.78 is 1.90. The van der Waals surface area contributed by atoms with Crippen LogP contribution in [0.4, 0.5) is 11.4 Å². The first-order chi connectivity index (χ1) is 12.4. The summed E-state index contributed by atoms with van der Waals surface area (Å²) in [7, 11) is 1.86. The van der Waals surface area contributed by atoms with Crippen LogP contribution in [0, 0.1) is 6.92 Å². The average Bonchev–Trinajstić information content (AvgIpc) is 2.85. The van der Waals surface area contributed by atoms with Gasteiger partial charge in [0, 0.05) is 41.9 Å². The number of hydrogen-bond acceptors (Lipinski definition) is 3. The molecule has 2 N–H and O–H groups in total. The van der Waals surface area contributed by atoms with E-state index in [1.54, 1.807) is 24.3 Å². The monoisotopic (exact) mass is 349 g/mol. The summed E-state index contributed by atoms with van der Waals surface area (Å²) in [5.41, 5.74) is 3.02. The lowest BCUT2D eigenvalue weighted by Gasteiger charge is -2.08. The zero-order chi connectivity index (χ0) is 18.8. The maximum atomic E-state index is 12.8. The van der Waals surface area contributed by atoms with Gasteiger partial charge in [0.1, 0.15) is 0 Å². The highest BCUT2D eigenvalue weighted by atomic mass is 16.2. The molecule has 0 bridgehead atoms. The van der Waals surface area contributed by atoms with E-state index in [1.165, 1.54) is 6.92 Å². The molecule has 132 valence electrons. The maximum absolute atomic E-state index is 12.8. The molecule has 0 spiro atoms. The summed E-state index contributed by atoms with van der Waals surface area (Å²) in [6, 6.07) is 14.1. The number of rotatable bonds is 4. The maximum Gasteiger partial charge on any atom is 0.296 e. The van der Waals surface area contributed by atoms with E-state index in [0.717, 1.165) is 16.6 Å². The molecule has 6 nitrogen and oxygen atoms in total. The number of para-hydroxylation sites is 1. The minimum atomic E-state index is -0.718. The normalized spacial score (nSPS) is 10.6. The van der Waals surface area contributed by atoms with Crippen LogP contribution >= 0.6 is 0 Å². The van der Waals surface area contributed by atoms with E-state index < -0.39 is 11.7 Å². The minimum absolute atomic E-state index is 0.212. The van der Waals surface area contributed by atoms with Crippen molar-refractivity contribution in [1.29, 1.82) is 0 Å². The zero-order valence-electron chi connectivity index (χ0n) is 14.8. The standard InChI is InChI=1S/C20H19N3O3/c1-12-18(16-9-4-5-10-17(16)23(12)3)19(25)20(26)22-15-8-6-7-14(11-15)21-13(2)24/h4-11H,1-3H3,(H,21,24)(H,22,26). The molecule has 1 heterocycles. The number of anilines is 2. The number of carbonyl (C=O) groups is 3. The Labute approximate surface area is 150 Å². The largest absolute Gasteiger partial charge is 0.347 e.